The molecule has 2 aromatic rings. The van der Waals surface area contributed by atoms with Gasteiger partial charge in [0.25, 0.3) is 0 Å². The summed E-state index contributed by atoms with van der Waals surface area (Å²) in [7, 11) is 1.64. The van der Waals surface area contributed by atoms with Crippen molar-refractivity contribution < 1.29 is 19.0 Å². The zero-order valence-corrected chi connectivity index (χ0v) is 15.0. The SMILES string of the molecule is COCc1nnc2n1[C@@H](C)CN(C(=O)CCc1ccc3c(c1)OCO3)C2. The van der Waals surface area contributed by atoms with Crippen molar-refractivity contribution >= 4 is 5.91 Å². The summed E-state index contributed by atoms with van der Waals surface area (Å²) in [6.07, 6.45) is 1.12. The lowest BCUT2D eigenvalue weighted by molar-refractivity contribution is -0.133. The molecule has 8 nitrogen and oxygen atoms in total. The largest absolute Gasteiger partial charge is 0.454 e. The molecule has 2 aliphatic rings. The van der Waals surface area contributed by atoms with E-state index < -0.39 is 0 Å². The molecule has 2 aliphatic heterocycles. The number of amides is 1. The van der Waals surface area contributed by atoms with E-state index >= 15 is 0 Å². The zero-order valence-electron chi connectivity index (χ0n) is 15.0. The minimum Gasteiger partial charge on any atom is -0.454 e. The minimum absolute atomic E-state index is 0.122. The molecule has 0 unspecified atom stereocenters. The molecule has 1 atom stereocenters. The summed E-state index contributed by atoms with van der Waals surface area (Å²) in [4.78, 5) is 14.5. The second-order valence-corrected chi connectivity index (χ2v) is 6.65. The summed E-state index contributed by atoms with van der Waals surface area (Å²) in [5.41, 5.74) is 1.07. The first-order valence-corrected chi connectivity index (χ1v) is 8.73. The van der Waals surface area contributed by atoms with Crippen LogP contribution in [0.3, 0.4) is 0 Å². The van der Waals surface area contributed by atoms with Crippen molar-refractivity contribution in [3.63, 3.8) is 0 Å². The molecule has 0 spiro atoms. The Bertz CT molecular complexity index is 820. The third-order valence-electron chi connectivity index (χ3n) is 4.79. The Balaban J connectivity index is 1.39. The summed E-state index contributed by atoms with van der Waals surface area (Å²) >= 11 is 0. The summed E-state index contributed by atoms with van der Waals surface area (Å²) in [5, 5.41) is 8.41. The molecular weight excluding hydrogens is 336 g/mol. The van der Waals surface area contributed by atoms with Crippen LogP contribution in [0.2, 0.25) is 0 Å². The van der Waals surface area contributed by atoms with Crippen LogP contribution in [0.5, 0.6) is 11.5 Å². The maximum atomic E-state index is 12.7. The number of hydrogen-bond donors (Lipinski definition) is 0. The Hall–Kier alpha value is -2.61. The smallest absolute Gasteiger partial charge is 0.231 e. The fourth-order valence-electron chi connectivity index (χ4n) is 3.54. The molecule has 26 heavy (non-hydrogen) atoms. The molecule has 0 radical (unpaired) electrons. The van der Waals surface area contributed by atoms with Gasteiger partial charge in [-0.25, -0.2) is 0 Å². The number of hydrogen-bond acceptors (Lipinski definition) is 6. The monoisotopic (exact) mass is 358 g/mol. The highest BCUT2D eigenvalue weighted by molar-refractivity contribution is 5.76. The molecule has 0 saturated heterocycles. The van der Waals surface area contributed by atoms with Crippen molar-refractivity contribution in [2.75, 3.05) is 20.4 Å². The number of nitrogens with zero attached hydrogens (tertiary/aromatic N) is 4. The van der Waals surface area contributed by atoms with Crippen molar-refractivity contribution in [3.8, 4) is 11.5 Å². The molecule has 4 rings (SSSR count). The quantitative estimate of drug-likeness (QED) is 0.809. The predicted octanol–water partition coefficient (Wildman–Crippen LogP) is 1.69. The maximum absolute atomic E-state index is 12.7. The lowest BCUT2D eigenvalue weighted by atomic mass is 10.1. The molecule has 0 N–H and O–H groups in total. The molecular formula is C18H22N4O4. The van der Waals surface area contributed by atoms with Gasteiger partial charge in [-0.05, 0) is 31.0 Å². The Kier molecular flexibility index (Phi) is 4.50. The third kappa shape index (κ3) is 3.12. The van der Waals surface area contributed by atoms with Gasteiger partial charge in [0.1, 0.15) is 6.61 Å². The van der Waals surface area contributed by atoms with Crippen molar-refractivity contribution in [2.24, 2.45) is 0 Å². The number of benzene rings is 1. The highest BCUT2D eigenvalue weighted by atomic mass is 16.7. The molecule has 3 heterocycles. The summed E-state index contributed by atoms with van der Waals surface area (Å²) in [5.74, 6) is 3.25. The lowest BCUT2D eigenvalue weighted by Gasteiger charge is -2.32. The number of carbonyl (C=O) groups is 1. The molecule has 0 aliphatic carbocycles. The van der Waals surface area contributed by atoms with Crippen molar-refractivity contribution in [3.05, 3.63) is 35.4 Å². The summed E-state index contributed by atoms with van der Waals surface area (Å²) < 4.78 is 18.0. The van der Waals surface area contributed by atoms with Crippen LogP contribution in [0, 0.1) is 0 Å². The molecule has 1 aromatic heterocycles. The lowest BCUT2D eigenvalue weighted by Crippen LogP contribution is -2.40. The standard InChI is InChI=1S/C18H22N4O4/c1-12-8-21(9-16-19-20-17(10-24-2)22(12)16)18(23)6-4-13-3-5-14-15(7-13)26-11-25-14/h3,5,7,12H,4,6,8-11H2,1-2H3/t12-/m0/s1. The highest BCUT2D eigenvalue weighted by Crippen LogP contribution is 2.33. The van der Waals surface area contributed by atoms with Crippen LogP contribution in [0.15, 0.2) is 18.2 Å². The Morgan fingerprint density at radius 2 is 2.15 bits per heavy atom. The summed E-state index contributed by atoms with van der Waals surface area (Å²) in [6.45, 7) is 3.90. The van der Waals surface area contributed by atoms with E-state index in [1.807, 2.05) is 23.1 Å². The van der Waals surface area contributed by atoms with E-state index in [-0.39, 0.29) is 18.7 Å². The van der Waals surface area contributed by atoms with E-state index in [0.29, 0.717) is 32.5 Å². The topological polar surface area (TPSA) is 78.7 Å². The van der Waals surface area contributed by atoms with Gasteiger partial charge in [0, 0.05) is 20.1 Å². The average molecular weight is 358 g/mol. The van der Waals surface area contributed by atoms with Gasteiger partial charge < -0.3 is 23.7 Å². The van der Waals surface area contributed by atoms with Crippen molar-refractivity contribution in [1.82, 2.24) is 19.7 Å². The molecule has 138 valence electrons. The van der Waals surface area contributed by atoms with Gasteiger partial charge in [-0.3, -0.25) is 4.79 Å². The predicted molar refractivity (Wildman–Crippen MR) is 91.7 cm³/mol. The summed E-state index contributed by atoms with van der Waals surface area (Å²) in [6, 6.07) is 5.95. The number of methoxy groups -OCH3 is 1. The van der Waals surface area contributed by atoms with Crippen LogP contribution in [-0.4, -0.2) is 46.0 Å². The van der Waals surface area contributed by atoms with Crippen LogP contribution < -0.4 is 9.47 Å². The number of rotatable bonds is 5. The van der Waals surface area contributed by atoms with Gasteiger partial charge >= 0.3 is 0 Å². The Labute approximate surface area is 151 Å². The number of ether oxygens (including phenoxy) is 3. The minimum atomic E-state index is 0.122. The normalized spacial score (nSPS) is 18.1. The van der Waals surface area contributed by atoms with Crippen LogP contribution in [0.4, 0.5) is 0 Å². The second-order valence-electron chi connectivity index (χ2n) is 6.65. The van der Waals surface area contributed by atoms with Gasteiger partial charge in [0.2, 0.25) is 12.7 Å². The van der Waals surface area contributed by atoms with Gasteiger partial charge in [-0.2, -0.15) is 0 Å². The van der Waals surface area contributed by atoms with Gasteiger partial charge in [-0.1, -0.05) is 6.07 Å². The molecule has 1 amide bonds. The van der Waals surface area contributed by atoms with Crippen LogP contribution in [-0.2, 0) is 29.1 Å². The van der Waals surface area contributed by atoms with E-state index in [4.69, 9.17) is 14.2 Å². The molecule has 0 fully saturated rings. The third-order valence-corrected chi connectivity index (χ3v) is 4.79. The number of fused-ring (bicyclic) bond motifs is 2. The van der Waals surface area contributed by atoms with Crippen LogP contribution in [0.1, 0.15) is 36.6 Å². The first-order chi connectivity index (χ1) is 12.7. The first kappa shape index (κ1) is 16.8. The van der Waals surface area contributed by atoms with E-state index in [2.05, 4.69) is 21.7 Å². The van der Waals surface area contributed by atoms with Crippen molar-refractivity contribution in [1.29, 1.82) is 0 Å². The van der Waals surface area contributed by atoms with Gasteiger partial charge in [0.05, 0.1) is 12.6 Å². The number of carbonyl (C=O) groups excluding carboxylic acids is 1. The molecule has 0 saturated carbocycles. The number of aromatic nitrogens is 3. The van der Waals surface area contributed by atoms with Crippen LogP contribution >= 0.6 is 0 Å². The van der Waals surface area contributed by atoms with Gasteiger partial charge in [-0.15, -0.1) is 10.2 Å². The van der Waals surface area contributed by atoms with E-state index in [9.17, 15) is 4.79 Å². The van der Waals surface area contributed by atoms with E-state index in [1.54, 1.807) is 7.11 Å². The molecule has 8 heteroatoms. The first-order valence-electron chi connectivity index (χ1n) is 8.73. The fraction of sp³-hybridized carbons (Fsp3) is 0.500. The number of aryl methyl sites for hydroxylation is 1. The second kappa shape index (κ2) is 6.95. The van der Waals surface area contributed by atoms with Crippen molar-refractivity contribution in [2.45, 2.75) is 39.0 Å². The molecule has 1 aromatic carbocycles. The fourth-order valence-corrected chi connectivity index (χ4v) is 3.54. The zero-order chi connectivity index (χ0) is 18.1. The maximum Gasteiger partial charge on any atom is 0.231 e. The van der Waals surface area contributed by atoms with E-state index in [1.165, 1.54) is 0 Å². The highest BCUT2D eigenvalue weighted by Gasteiger charge is 2.28. The van der Waals surface area contributed by atoms with Gasteiger partial charge in [0.15, 0.2) is 23.1 Å². The Morgan fingerprint density at radius 3 is 3.00 bits per heavy atom. The molecule has 0 bridgehead atoms. The Morgan fingerprint density at radius 1 is 1.31 bits per heavy atom. The average Bonchev–Trinajstić information content (AvgIpc) is 3.26. The van der Waals surface area contributed by atoms with Crippen LogP contribution in [0.25, 0.3) is 0 Å². The van der Waals surface area contributed by atoms with E-state index in [0.717, 1.165) is 28.7 Å².